The molecule has 208 valence electrons. The number of aliphatic hydroxyl groups excluding tert-OH is 2. The van der Waals surface area contributed by atoms with E-state index in [4.69, 9.17) is 19.3 Å². The van der Waals surface area contributed by atoms with Crippen molar-refractivity contribution in [2.75, 3.05) is 32.8 Å². The van der Waals surface area contributed by atoms with Crippen LogP contribution in [0.15, 0.2) is 0 Å². The van der Waals surface area contributed by atoms with Crippen molar-refractivity contribution in [2.45, 2.75) is 84.7 Å². The van der Waals surface area contributed by atoms with Gasteiger partial charge in [0.25, 0.3) is 0 Å². The number of carbonyl (C=O) groups excluding carboxylic acids is 3. The van der Waals surface area contributed by atoms with Crippen molar-refractivity contribution >= 4 is 24.1 Å². The fourth-order valence-corrected chi connectivity index (χ4v) is 3.66. The van der Waals surface area contributed by atoms with Gasteiger partial charge in [0.05, 0.1) is 43.7 Å². The molecule has 0 saturated carbocycles. The molecule has 2 fully saturated rings. The number of hydrogen-bond donors (Lipinski definition) is 3. The Morgan fingerprint density at radius 1 is 0.778 bits per heavy atom. The van der Waals surface area contributed by atoms with Gasteiger partial charge in [-0.25, -0.2) is 9.59 Å². The predicted molar refractivity (Wildman–Crippen MR) is 128 cm³/mol. The Balaban J connectivity index is 0.000000362. The third kappa shape index (κ3) is 10.6. The number of carboxylic acid groups (broad SMARTS) is 1. The van der Waals surface area contributed by atoms with E-state index in [0.29, 0.717) is 19.5 Å². The SMILES string of the molecule is CC(C)(C)OC(=O)N1CC[C@@H](C(=O)O)[C@H](O)C1.CCOC(=O)[C@@H]1CCN(C(=O)OC(C)(C)C)C[C@H]1O. The average molecular weight is 519 g/mol. The number of carboxylic acids is 1. The van der Waals surface area contributed by atoms with Crippen LogP contribution in [-0.4, -0.2) is 105 Å². The quantitative estimate of drug-likeness (QED) is 0.371. The molecule has 0 spiro atoms. The molecule has 2 saturated heterocycles. The van der Waals surface area contributed by atoms with E-state index in [2.05, 4.69) is 0 Å². The molecule has 12 nitrogen and oxygen atoms in total. The molecule has 2 aliphatic heterocycles. The normalized spacial score (nSPS) is 24.7. The van der Waals surface area contributed by atoms with Crippen molar-refractivity contribution < 1.29 is 48.7 Å². The minimum atomic E-state index is -1.03. The summed E-state index contributed by atoms with van der Waals surface area (Å²) in [5.74, 6) is -2.78. The highest BCUT2D eigenvalue weighted by molar-refractivity contribution is 5.74. The van der Waals surface area contributed by atoms with E-state index in [1.807, 2.05) is 0 Å². The fraction of sp³-hybridized carbons (Fsp3) is 0.833. The highest BCUT2D eigenvalue weighted by Crippen LogP contribution is 2.22. The molecule has 0 aromatic rings. The molecule has 0 unspecified atom stereocenters. The van der Waals surface area contributed by atoms with Crippen LogP contribution < -0.4 is 0 Å². The minimum Gasteiger partial charge on any atom is -0.481 e. The first-order valence-corrected chi connectivity index (χ1v) is 12.2. The maximum Gasteiger partial charge on any atom is 0.410 e. The Kier molecular flexibility index (Phi) is 11.4. The van der Waals surface area contributed by atoms with Crippen LogP contribution >= 0.6 is 0 Å². The van der Waals surface area contributed by atoms with Gasteiger partial charge in [0.2, 0.25) is 0 Å². The fourth-order valence-electron chi connectivity index (χ4n) is 3.66. The van der Waals surface area contributed by atoms with Crippen molar-refractivity contribution in [3.63, 3.8) is 0 Å². The summed E-state index contributed by atoms with van der Waals surface area (Å²) in [6.45, 7) is 13.4. The number of β-amino-alcohol motifs (C(OH)–C–C–N with tert-alkyl or cyclic N) is 2. The van der Waals surface area contributed by atoms with E-state index in [0.717, 1.165) is 0 Å². The van der Waals surface area contributed by atoms with Crippen molar-refractivity contribution in [2.24, 2.45) is 11.8 Å². The lowest BCUT2D eigenvalue weighted by Crippen LogP contribution is -2.50. The molecule has 2 rings (SSSR count). The van der Waals surface area contributed by atoms with Gasteiger partial charge in [-0.15, -0.1) is 0 Å². The van der Waals surface area contributed by atoms with E-state index in [-0.39, 0.29) is 26.1 Å². The van der Waals surface area contributed by atoms with Crippen LogP contribution in [0.4, 0.5) is 9.59 Å². The lowest BCUT2D eigenvalue weighted by Gasteiger charge is -2.35. The topological polar surface area (TPSA) is 163 Å². The van der Waals surface area contributed by atoms with Gasteiger partial charge in [-0.1, -0.05) is 0 Å². The Labute approximate surface area is 212 Å². The van der Waals surface area contributed by atoms with Gasteiger partial charge in [-0.05, 0) is 61.3 Å². The molecule has 2 aliphatic rings. The standard InChI is InChI=1S/C13H23NO5.C11H19NO5/c1-5-18-11(16)9-6-7-14(8-10(9)15)12(17)19-13(2,3)4;1-11(2,3)17-10(16)12-5-4-7(9(14)15)8(13)6-12/h9-10,15H,5-8H2,1-4H3;7-8,13H,4-6H2,1-3H3,(H,14,15)/t9-,10-;7-,8-/m11/s1. The second-order valence-electron chi connectivity index (χ2n) is 10.9. The summed E-state index contributed by atoms with van der Waals surface area (Å²) in [5.41, 5.74) is -1.16. The van der Waals surface area contributed by atoms with Crippen LogP contribution in [0.5, 0.6) is 0 Å². The molecule has 0 aromatic heterocycles. The summed E-state index contributed by atoms with van der Waals surface area (Å²) in [5, 5.41) is 28.4. The Morgan fingerprint density at radius 3 is 1.47 bits per heavy atom. The number of piperidine rings is 2. The number of ether oxygens (including phenoxy) is 3. The maximum absolute atomic E-state index is 11.8. The number of nitrogens with zero attached hydrogens (tertiary/aromatic N) is 2. The average Bonchev–Trinajstić information content (AvgIpc) is 2.71. The van der Waals surface area contributed by atoms with Crippen LogP contribution in [0, 0.1) is 11.8 Å². The first-order valence-electron chi connectivity index (χ1n) is 12.2. The third-order valence-electron chi connectivity index (χ3n) is 5.37. The van der Waals surface area contributed by atoms with Crippen LogP contribution in [0.3, 0.4) is 0 Å². The van der Waals surface area contributed by atoms with Crippen molar-refractivity contribution in [1.29, 1.82) is 0 Å². The second kappa shape index (κ2) is 13.1. The molecule has 0 radical (unpaired) electrons. The highest BCUT2D eigenvalue weighted by atomic mass is 16.6. The second-order valence-corrected chi connectivity index (χ2v) is 10.9. The van der Waals surface area contributed by atoms with E-state index < -0.39 is 59.4 Å². The van der Waals surface area contributed by atoms with Crippen molar-refractivity contribution in [3.8, 4) is 0 Å². The summed E-state index contributed by atoms with van der Waals surface area (Å²) in [7, 11) is 0. The predicted octanol–water partition coefficient (Wildman–Crippen LogP) is 1.86. The molecule has 2 amide bonds. The van der Waals surface area contributed by atoms with E-state index in [1.165, 1.54) is 9.80 Å². The van der Waals surface area contributed by atoms with Crippen LogP contribution in [0.25, 0.3) is 0 Å². The maximum atomic E-state index is 11.8. The monoisotopic (exact) mass is 518 g/mol. The smallest absolute Gasteiger partial charge is 0.410 e. The van der Waals surface area contributed by atoms with Crippen LogP contribution in [0.1, 0.15) is 61.3 Å². The van der Waals surface area contributed by atoms with Crippen LogP contribution in [0.2, 0.25) is 0 Å². The third-order valence-corrected chi connectivity index (χ3v) is 5.37. The number of aliphatic carboxylic acids is 1. The van der Waals surface area contributed by atoms with Gasteiger partial charge in [0, 0.05) is 13.1 Å². The molecular formula is C24H42N2O10. The van der Waals surface area contributed by atoms with E-state index >= 15 is 0 Å². The first kappa shape index (κ1) is 31.4. The summed E-state index contributed by atoms with van der Waals surface area (Å²) in [6.07, 6.45) is -2.28. The van der Waals surface area contributed by atoms with Crippen molar-refractivity contribution in [3.05, 3.63) is 0 Å². The molecule has 4 atom stereocenters. The number of aliphatic hydroxyl groups is 2. The van der Waals surface area contributed by atoms with Gasteiger partial charge in [0.1, 0.15) is 11.2 Å². The molecule has 3 N–H and O–H groups in total. The van der Waals surface area contributed by atoms with Gasteiger partial charge in [-0.3, -0.25) is 9.59 Å². The Bertz CT molecular complexity index is 774. The van der Waals surface area contributed by atoms with E-state index in [9.17, 15) is 29.4 Å². The first-order chi connectivity index (χ1) is 16.4. The Hall–Kier alpha value is -2.60. The van der Waals surface area contributed by atoms with Gasteiger partial charge in [0.15, 0.2) is 0 Å². The number of likely N-dealkylation sites (tertiary alicyclic amines) is 2. The van der Waals surface area contributed by atoms with Crippen LogP contribution in [-0.2, 0) is 23.8 Å². The number of carbonyl (C=O) groups is 4. The number of amides is 2. The van der Waals surface area contributed by atoms with Crippen molar-refractivity contribution in [1.82, 2.24) is 9.80 Å². The number of esters is 1. The van der Waals surface area contributed by atoms with Gasteiger partial charge in [-0.2, -0.15) is 0 Å². The largest absolute Gasteiger partial charge is 0.481 e. The lowest BCUT2D eigenvalue weighted by atomic mass is 9.94. The molecule has 12 heteroatoms. The zero-order valence-corrected chi connectivity index (χ0v) is 22.4. The summed E-state index contributed by atoms with van der Waals surface area (Å²) in [6, 6.07) is 0. The minimum absolute atomic E-state index is 0.00583. The zero-order chi connectivity index (χ0) is 27.8. The van der Waals surface area contributed by atoms with Gasteiger partial charge >= 0.3 is 24.1 Å². The molecule has 36 heavy (non-hydrogen) atoms. The Morgan fingerprint density at radius 2 is 1.17 bits per heavy atom. The van der Waals surface area contributed by atoms with Gasteiger partial charge < -0.3 is 39.3 Å². The summed E-state index contributed by atoms with van der Waals surface area (Å²) >= 11 is 0. The molecule has 0 aliphatic carbocycles. The van der Waals surface area contributed by atoms with E-state index in [1.54, 1.807) is 48.5 Å². The molecule has 0 bridgehead atoms. The summed E-state index contributed by atoms with van der Waals surface area (Å²) in [4.78, 5) is 48.7. The zero-order valence-electron chi connectivity index (χ0n) is 22.4. The number of hydrogen-bond acceptors (Lipinski definition) is 9. The highest BCUT2D eigenvalue weighted by Gasteiger charge is 2.37. The molecular weight excluding hydrogens is 476 g/mol. The lowest BCUT2D eigenvalue weighted by molar-refractivity contribution is -0.155. The molecule has 2 heterocycles. The summed E-state index contributed by atoms with van der Waals surface area (Å²) < 4.78 is 15.3. The number of rotatable bonds is 3. The molecule has 0 aromatic carbocycles.